The van der Waals surface area contributed by atoms with Gasteiger partial charge in [0.2, 0.25) is 0 Å². The molecule has 1 aliphatic rings. The van der Waals surface area contributed by atoms with Crippen molar-refractivity contribution in [3.05, 3.63) is 38.3 Å². The van der Waals surface area contributed by atoms with E-state index in [1.165, 1.54) is 18.9 Å². The highest BCUT2D eigenvalue weighted by Gasteiger charge is 2.16. The summed E-state index contributed by atoms with van der Waals surface area (Å²) in [7, 11) is 0. The molecule has 1 aromatic carbocycles. The third-order valence-electron chi connectivity index (χ3n) is 3.27. The van der Waals surface area contributed by atoms with Crippen molar-refractivity contribution in [1.29, 1.82) is 0 Å². The second-order valence-electron chi connectivity index (χ2n) is 4.73. The summed E-state index contributed by atoms with van der Waals surface area (Å²) in [6.07, 6.45) is 2.37. The van der Waals surface area contributed by atoms with Crippen LogP contribution < -0.4 is 5.32 Å². The zero-order valence-corrected chi connectivity index (χ0v) is 12.2. The Labute approximate surface area is 120 Å². The predicted octanol–water partition coefficient (Wildman–Crippen LogP) is 2.87. The molecule has 1 aliphatic heterocycles. The maximum absolute atomic E-state index is 10.8. The smallest absolute Gasteiger partial charge is 0.283 e. The van der Waals surface area contributed by atoms with Gasteiger partial charge in [0.15, 0.2) is 0 Å². The Kier molecular flexibility index (Phi) is 5.30. The summed E-state index contributed by atoms with van der Waals surface area (Å²) in [6, 6.07) is 5.01. The molecule has 0 aliphatic carbocycles. The van der Waals surface area contributed by atoms with Gasteiger partial charge in [-0.2, -0.15) is 0 Å². The molecule has 104 valence electrons. The summed E-state index contributed by atoms with van der Waals surface area (Å²) >= 11 is 3.27. The number of rotatable bonds is 5. The predicted molar refractivity (Wildman–Crippen MR) is 76.0 cm³/mol. The minimum atomic E-state index is -0.390. The monoisotopic (exact) mass is 328 g/mol. The Morgan fingerprint density at radius 1 is 1.53 bits per heavy atom. The Balaban J connectivity index is 1.88. The van der Waals surface area contributed by atoms with E-state index in [4.69, 9.17) is 4.74 Å². The molecule has 1 aromatic rings. The molecule has 1 saturated heterocycles. The molecule has 19 heavy (non-hydrogen) atoms. The summed E-state index contributed by atoms with van der Waals surface area (Å²) in [4.78, 5) is 10.4. The minimum Gasteiger partial charge on any atom is -0.376 e. The summed E-state index contributed by atoms with van der Waals surface area (Å²) < 4.78 is 6.20. The lowest BCUT2D eigenvalue weighted by Crippen LogP contribution is -2.32. The fourth-order valence-corrected chi connectivity index (χ4v) is 2.74. The first-order valence-electron chi connectivity index (χ1n) is 6.38. The van der Waals surface area contributed by atoms with Gasteiger partial charge in [-0.3, -0.25) is 10.1 Å². The number of ether oxygens (including phenoxy) is 1. The average molecular weight is 329 g/mol. The standard InChI is InChI=1S/C13H17BrN2O3/c14-13-11(4-1-5-12(13)16(17)18)9-19-8-10-3-2-6-15-7-10/h1,4-5,10,15H,2-3,6-9H2. The number of nitro groups is 1. The molecule has 0 bridgehead atoms. The van der Waals surface area contributed by atoms with E-state index in [1.54, 1.807) is 6.07 Å². The Morgan fingerprint density at radius 2 is 2.37 bits per heavy atom. The van der Waals surface area contributed by atoms with E-state index in [0.29, 0.717) is 23.6 Å². The lowest BCUT2D eigenvalue weighted by molar-refractivity contribution is -0.385. The van der Waals surface area contributed by atoms with Crippen molar-refractivity contribution in [2.24, 2.45) is 5.92 Å². The first-order chi connectivity index (χ1) is 9.18. The molecule has 0 spiro atoms. The lowest BCUT2D eigenvalue weighted by Gasteiger charge is -2.22. The Hall–Kier alpha value is -0.980. The zero-order chi connectivity index (χ0) is 13.7. The summed E-state index contributed by atoms with van der Waals surface area (Å²) in [5, 5.41) is 14.2. The fraction of sp³-hybridized carbons (Fsp3) is 0.538. The second kappa shape index (κ2) is 6.98. The van der Waals surface area contributed by atoms with E-state index in [0.717, 1.165) is 18.7 Å². The molecule has 1 unspecified atom stereocenters. The van der Waals surface area contributed by atoms with Gasteiger partial charge in [0.25, 0.3) is 5.69 Å². The van der Waals surface area contributed by atoms with Crippen LogP contribution in [0.5, 0.6) is 0 Å². The van der Waals surface area contributed by atoms with Crippen molar-refractivity contribution >= 4 is 21.6 Å². The van der Waals surface area contributed by atoms with Crippen LogP contribution >= 0.6 is 15.9 Å². The molecule has 5 nitrogen and oxygen atoms in total. The number of hydrogen-bond acceptors (Lipinski definition) is 4. The van der Waals surface area contributed by atoms with Crippen molar-refractivity contribution in [2.45, 2.75) is 19.4 Å². The van der Waals surface area contributed by atoms with Crippen LogP contribution in [-0.4, -0.2) is 24.6 Å². The van der Waals surface area contributed by atoms with Crippen molar-refractivity contribution in [1.82, 2.24) is 5.32 Å². The van der Waals surface area contributed by atoms with Crippen LogP contribution in [-0.2, 0) is 11.3 Å². The van der Waals surface area contributed by atoms with E-state index < -0.39 is 4.92 Å². The van der Waals surface area contributed by atoms with Crippen molar-refractivity contribution in [3.8, 4) is 0 Å². The van der Waals surface area contributed by atoms with E-state index in [-0.39, 0.29) is 5.69 Å². The third-order valence-corrected chi connectivity index (χ3v) is 4.18. The summed E-state index contributed by atoms with van der Waals surface area (Å²) in [5.41, 5.74) is 0.901. The molecule has 0 aromatic heterocycles. The third kappa shape index (κ3) is 3.99. The maximum atomic E-state index is 10.8. The second-order valence-corrected chi connectivity index (χ2v) is 5.53. The van der Waals surface area contributed by atoms with Gasteiger partial charge in [-0.25, -0.2) is 0 Å². The fourth-order valence-electron chi connectivity index (χ4n) is 2.22. The zero-order valence-electron chi connectivity index (χ0n) is 10.6. The van der Waals surface area contributed by atoms with Gasteiger partial charge in [0, 0.05) is 12.6 Å². The quantitative estimate of drug-likeness (QED) is 0.666. The van der Waals surface area contributed by atoms with E-state index in [9.17, 15) is 10.1 Å². The van der Waals surface area contributed by atoms with Crippen LogP contribution in [0.4, 0.5) is 5.69 Å². The van der Waals surface area contributed by atoms with E-state index in [2.05, 4.69) is 21.2 Å². The van der Waals surface area contributed by atoms with E-state index >= 15 is 0 Å². The van der Waals surface area contributed by atoms with Gasteiger partial charge < -0.3 is 10.1 Å². The molecule has 1 N–H and O–H groups in total. The van der Waals surface area contributed by atoms with E-state index in [1.807, 2.05) is 6.07 Å². The van der Waals surface area contributed by atoms with Crippen LogP contribution in [0.15, 0.2) is 22.7 Å². The van der Waals surface area contributed by atoms with Gasteiger partial charge in [0.1, 0.15) is 4.47 Å². The van der Waals surface area contributed by atoms with Gasteiger partial charge in [-0.15, -0.1) is 0 Å². The Morgan fingerprint density at radius 3 is 3.05 bits per heavy atom. The van der Waals surface area contributed by atoms with Crippen LogP contribution in [0.25, 0.3) is 0 Å². The first-order valence-corrected chi connectivity index (χ1v) is 7.18. The summed E-state index contributed by atoms with van der Waals surface area (Å²) in [5.74, 6) is 0.547. The number of nitrogens with zero attached hydrogens (tertiary/aromatic N) is 1. The topological polar surface area (TPSA) is 64.4 Å². The van der Waals surface area contributed by atoms with Gasteiger partial charge >= 0.3 is 0 Å². The average Bonchev–Trinajstić information content (AvgIpc) is 2.41. The van der Waals surface area contributed by atoms with Crippen LogP contribution in [0.2, 0.25) is 0 Å². The molecule has 6 heteroatoms. The lowest BCUT2D eigenvalue weighted by atomic mass is 10.0. The Bertz CT molecular complexity index is 448. The number of halogens is 1. The highest BCUT2D eigenvalue weighted by molar-refractivity contribution is 9.10. The first kappa shape index (κ1) is 14.4. The molecular formula is C13H17BrN2O3. The largest absolute Gasteiger partial charge is 0.376 e. The normalized spacial score (nSPS) is 19.3. The number of hydrogen-bond donors (Lipinski definition) is 1. The van der Waals surface area contributed by atoms with Gasteiger partial charge in [0.05, 0.1) is 18.1 Å². The number of piperidine rings is 1. The highest BCUT2D eigenvalue weighted by atomic mass is 79.9. The van der Waals surface area contributed by atoms with Crippen LogP contribution in [0.3, 0.4) is 0 Å². The van der Waals surface area contributed by atoms with Gasteiger partial charge in [-0.1, -0.05) is 12.1 Å². The van der Waals surface area contributed by atoms with Crippen molar-refractivity contribution < 1.29 is 9.66 Å². The minimum absolute atomic E-state index is 0.0837. The molecular weight excluding hydrogens is 312 g/mol. The van der Waals surface area contributed by atoms with Crippen LogP contribution in [0.1, 0.15) is 18.4 Å². The highest BCUT2D eigenvalue weighted by Crippen LogP contribution is 2.28. The molecule has 1 heterocycles. The molecule has 2 rings (SSSR count). The van der Waals surface area contributed by atoms with Crippen LogP contribution in [0, 0.1) is 16.0 Å². The summed E-state index contributed by atoms with van der Waals surface area (Å²) in [6.45, 7) is 3.18. The molecule has 1 atom stereocenters. The number of benzene rings is 1. The number of nitrogens with one attached hydrogen (secondary N) is 1. The van der Waals surface area contributed by atoms with Crippen molar-refractivity contribution in [2.75, 3.05) is 19.7 Å². The molecule has 0 radical (unpaired) electrons. The molecule has 1 fully saturated rings. The molecule has 0 saturated carbocycles. The number of nitro benzene ring substituents is 1. The van der Waals surface area contributed by atoms with Crippen molar-refractivity contribution in [3.63, 3.8) is 0 Å². The maximum Gasteiger partial charge on any atom is 0.283 e. The molecule has 0 amide bonds. The SMILES string of the molecule is O=[N+]([O-])c1cccc(COCC2CCCNC2)c1Br. The van der Waals surface area contributed by atoms with Gasteiger partial charge in [-0.05, 0) is 46.8 Å².